The minimum atomic E-state index is -0.339. The molecule has 2 amide bonds. The number of para-hydroxylation sites is 1. The molecule has 1 atom stereocenters. The number of amides is 2. The number of phenols is 1. The standard InChI is InChI=1S/C17H24N2O3S2/c20-15-7-3-2-6-14(15)17(22)19-11-10-18-16(21)8-4-1-5-13-9-12-23-24-13/h2-3,6-7,13,20H,1,4-5,8-12H2,(H,18,21)(H,19,22)/t13-/m0/s1. The van der Waals surface area contributed by atoms with E-state index in [0.717, 1.165) is 18.1 Å². The number of phenolic OH excluding ortho intramolecular Hbond substituents is 1. The van der Waals surface area contributed by atoms with Crippen LogP contribution >= 0.6 is 21.6 Å². The Labute approximate surface area is 150 Å². The van der Waals surface area contributed by atoms with Gasteiger partial charge in [-0.25, -0.2) is 0 Å². The van der Waals surface area contributed by atoms with Gasteiger partial charge in [0.25, 0.3) is 5.91 Å². The van der Waals surface area contributed by atoms with E-state index in [1.165, 1.54) is 24.7 Å². The van der Waals surface area contributed by atoms with E-state index in [4.69, 9.17) is 0 Å². The first-order valence-corrected chi connectivity index (χ1v) is 10.7. The maximum Gasteiger partial charge on any atom is 0.255 e. The van der Waals surface area contributed by atoms with Gasteiger partial charge in [-0.2, -0.15) is 0 Å². The fourth-order valence-electron chi connectivity index (χ4n) is 2.45. The first kappa shape index (κ1) is 19.0. The van der Waals surface area contributed by atoms with Crippen molar-refractivity contribution < 1.29 is 14.7 Å². The Morgan fingerprint density at radius 2 is 1.96 bits per heavy atom. The number of hydrogen-bond acceptors (Lipinski definition) is 5. The van der Waals surface area contributed by atoms with E-state index in [1.807, 2.05) is 21.6 Å². The molecule has 0 saturated carbocycles. The van der Waals surface area contributed by atoms with Gasteiger partial charge in [-0.15, -0.1) is 0 Å². The molecule has 5 nitrogen and oxygen atoms in total. The summed E-state index contributed by atoms with van der Waals surface area (Å²) in [5.41, 5.74) is 0.242. The quantitative estimate of drug-likeness (QED) is 0.461. The zero-order chi connectivity index (χ0) is 17.2. The summed E-state index contributed by atoms with van der Waals surface area (Å²) < 4.78 is 0. The molecule has 1 saturated heterocycles. The average Bonchev–Trinajstić information content (AvgIpc) is 3.09. The monoisotopic (exact) mass is 368 g/mol. The van der Waals surface area contributed by atoms with Crippen molar-refractivity contribution in [3.63, 3.8) is 0 Å². The van der Waals surface area contributed by atoms with Gasteiger partial charge in [-0.05, 0) is 31.4 Å². The van der Waals surface area contributed by atoms with Gasteiger partial charge in [0.2, 0.25) is 5.91 Å². The summed E-state index contributed by atoms with van der Waals surface area (Å²) in [4.78, 5) is 23.6. The number of aromatic hydroxyl groups is 1. The summed E-state index contributed by atoms with van der Waals surface area (Å²) in [7, 11) is 3.93. The minimum absolute atomic E-state index is 0.0280. The zero-order valence-electron chi connectivity index (χ0n) is 13.6. The molecule has 1 aromatic carbocycles. The van der Waals surface area contributed by atoms with Crippen LogP contribution in [-0.2, 0) is 4.79 Å². The number of unbranched alkanes of at least 4 members (excludes halogenated alkanes) is 1. The van der Waals surface area contributed by atoms with E-state index >= 15 is 0 Å². The Morgan fingerprint density at radius 3 is 2.71 bits per heavy atom. The predicted molar refractivity (Wildman–Crippen MR) is 100 cm³/mol. The summed E-state index contributed by atoms with van der Waals surface area (Å²) in [6, 6.07) is 6.39. The molecule has 1 aliphatic rings. The molecule has 3 N–H and O–H groups in total. The van der Waals surface area contributed by atoms with Gasteiger partial charge in [0, 0.05) is 30.5 Å². The Morgan fingerprint density at radius 1 is 1.17 bits per heavy atom. The van der Waals surface area contributed by atoms with Gasteiger partial charge < -0.3 is 15.7 Å². The average molecular weight is 369 g/mol. The molecule has 1 fully saturated rings. The lowest BCUT2D eigenvalue weighted by atomic mass is 10.1. The van der Waals surface area contributed by atoms with Gasteiger partial charge in [0.15, 0.2) is 0 Å². The van der Waals surface area contributed by atoms with Gasteiger partial charge in [0.1, 0.15) is 5.75 Å². The second kappa shape index (κ2) is 10.5. The highest BCUT2D eigenvalue weighted by molar-refractivity contribution is 8.77. The van der Waals surface area contributed by atoms with E-state index in [2.05, 4.69) is 10.6 Å². The maximum atomic E-state index is 11.9. The molecular formula is C17H24N2O3S2. The van der Waals surface area contributed by atoms with E-state index in [9.17, 15) is 14.7 Å². The molecule has 0 aliphatic carbocycles. The second-order valence-corrected chi connectivity index (χ2v) is 8.49. The van der Waals surface area contributed by atoms with Crippen LogP contribution in [0.3, 0.4) is 0 Å². The van der Waals surface area contributed by atoms with Crippen LogP contribution in [0, 0.1) is 0 Å². The fraction of sp³-hybridized carbons (Fsp3) is 0.529. The summed E-state index contributed by atoms with van der Waals surface area (Å²) in [5, 5.41) is 15.8. The first-order valence-electron chi connectivity index (χ1n) is 8.28. The van der Waals surface area contributed by atoms with E-state index in [0.29, 0.717) is 19.5 Å². The number of hydrogen-bond donors (Lipinski definition) is 3. The molecule has 24 heavy (non-hydrogen) atoms. The Kier molecular flexibility index (Phi) is 8.32. The second-order valence-electron chi connectivity index (χ2n) is 5.70. The van der Waals surface area contributed by atoms with Crippen LogP contribution in [0.1, 0.15) is 42.5 Å². The lowest BCUT2D eigenvalue weighted by Crippen LogP contribution is -2.34. The summed E-state index contributed by atoms with van der Waals surface area (Å²) >= 11 is 0. The summed E-state index contributed by atoms with van der Waals surface area (Å²) in [5.74, 6) is 0.898. The SMILES string of the molecule is O=C(CCCC[C@H]1CCSS1)NCCNC(=O)c1ccccc1O. The van der Waals surface area contributed by atoms with Gasteiger partial charge in [0.05, 0.1) is 5.56 Å². The topological polar surface area (TPSA) is 78.4 Å². The number of carbonyl (C=O) groups excluding carboxylic acids is 2. The van der Waals surface area contributed by atoms with Crippen LogP contribution in [0.5, 0.6) is 5.75 Å². The predicted octanol–water partition coefficient (Wildman–Crippen LogP) is 2.95. The van der Waals surface area contributed by atoms with Crippen molar-refractivity contribution in [3.05, 3.63) is 29.8 Å². The molecule has 0 aromatic heterocycles. The molecule has 2 rings (SSSR count). The van der Waals surface area contributed by atoms with Crippen molar-refractivity contribution in [2.24, 2.45) is 0 Å². The molecule has 7 heteroatoms. The lowest BCUT2D eigenvalue weighted by molar-refractivity contribution is -0.121. The first-order chi connectivity index (χ1) is 11.7. The van der Waals surface area contributed by atoms with Crippen molar-refractivity contribution in [1.29, 1.82) is 0 Å². The van der Waals surface area contributed by atoms with Crippen LogP contribution in [0.25, 0.3) is 0 Å². The number of carbonyl (C=O) groups is 2. The summed E-state index contributed by atoms with van der Waals surface area (Å²) in [6.45, 7) is 0.738. The molecule has 0 unspecified atom stereocenters. The molecule has 1 heterocycles. The Balaban J connectivity index is 1.51. The van der Waals surface area contributed by atoms with E-state index in [1.54, 1.807) is 18.2 Å². The van der Waals surface area contributed by atoms with Crippen molar-refractivity contribution in [3.8, 4) is 5.75 Å². The molecule has 0 radical (unpaired) electrons. The fourth-order valence-corrected chi connectivity index (χ4v) is 5.48. The number of nitrogens with one attached hydrogen (secondary N) is 2. The van der Waals surface area contributed by atoms with Crippen LogP contribution in [0.15, 0.2) is 24.3 Å². The van der Waals surface area contributed by atoms with Crippen molar-refractivity contribution in [1.82, 2.24) is 10.6 Å². The summed E-state index contributed by atoms with van der Waals surface area (Å²) in [6.07, 6.45) is 5.03. The van der Waals surface area contributed by atoms with Crippen LogP contribution in [-0.4, -0.2) is 41.0 Å². The molecule has 132 valence electrons. The van der Waals surface area contributed by atoms with E-state index in [-0.39, 0.29) is 23.1 Å². The van der Waals surface area contributed by atoms with Gasteiger partial charge in [-0.3, -0.25) is 9.59 Å². The number of rotatable bonds is 9. The van der Waals surface area contributed by atoms with Crippen LogP contribution in [0.2, 0.25) is 0 Å². The third-order valence-corrected chi connectivity index (χ3v) is 6.80. The van der Waals surface area contributed by atoms with Crippen molar-refractivity contribution in [2.75, 3.05) is 18.8 Å². The zero-order valence-corrected chi connectivity index (χ0v) is 15.3. The van der Waals surface area contributed by atoms with Crippen molar-refractivity contribution >= 4 is 33.4 Å². The van der Waals surface area contributed by atoms with Crippen LogP contribution < -0.4 is 10.6 Å². The lowest BCUT2D eigenvalue weighted by Gasteiger charge is -2.09. The maximum absolute atomic E-state index is 11.9. The smallest absolute Gasteiger partial charge is 0.255 e. The third kappa shape index (κ3) is 6.65. The molecule has 1 aliphatic heterocycles. The molecule has 0 bridgehead atoms. The Hall–Kier alpha value is -1.34. The highest BCUT2D eigenvalue weighted by atomic mass is 33.1. The Bertz CT molecular complexity index is 548. The van der Waals surface area contributed by atoms with Crippen molar-refractivity contribution in [2.45, 2.75) is 37.4 Å². The van der Waals surface area contributed by atoms with Crippen LogP contribution in [0.4, 0.5) is 0 Å². The van der Waals surface area contributed by atoms with E-state index < -0.39 is 0 Å². The minimum Gasteiger partial charge on any atom is -0.507 e. The number of benzene rings is 1. The normalized spacial score (nSPS) is 16.8. The largest absolute Gasteiger partial charge is 0.507 e. The third-order valence-electron chi connectivity index (χ3n) is 3.79. The molecule has 0 spiro atoms. The molecule has 1 aromatic rings. The molecular weight excluding hydrogens is 344 g/mol. The van der Waals surface area contributed by atoms with Gasteiger partial charge in [-0.1, -0.05) is 40.1 Å². The highest BCUT2D eigenvalue weighted by Crippen LogP contribution is 2.39. The highest BCUT2D eigenvalue weighted by Gasteiger charge is 2.15. The van der Waals surface area contributed by atoms with Gasteiger partial charge >= 0.3 is 0 Å².